The highest BCUT2D eigenvalue weighted by Crippen LogP contribution is 2.20. The van der Waals surface area contributed by atoms with Crippen molar-refractivity contribution in [2.24, 2.45) is 0 Å². The highest BCUT2D eigenvalue weighted by atomic mass is 16.2. The van der Waals surface area contributed by atoms with Crippen molar-refractivity contribution in [1.29, 1.82) is 0 Å². The number of rotatable bonds is 4. The number of benzene rings is 2. The van der Waals surface area contributed by atoms with E-state index in [-0.39, 0.29) is 5.91 Å². The molecule has 0 spiro atoms. The van der Waals surface area contributed by atoms with Crippen molar-refractivity contribution in [2.75, 3.05) is 10.6 Å². The molecule has 0 fully saturated rings. The fraction of sp³-hybridized carbons (Fsp3) is 0.211. The average Bonchev–Trinajstić information content (AvgIpc) is 2.57. The van der Waals surface area contributed by atoms with Crippen LogP contribution in [-0.4, -0.2) is 21.9 Å². The number of aryl methyl sites for hydroxylation is 2. The molecule has 1 atom stereocenters. The molecule has 3 rings (SSSR count). The Kier molecular flexibility index (Phi) is 4.42. The second-order valence-corrected chi connectivity index (χ2v) is 5.91. The molecule has 2 N–H and O–H groups in total. The largest absolute Gasteiger partial charge is 0.358 e. The van der Waals surface area contributed by atoms with Crippen LogP contribution in [-0.2, 0) is 4.79 Å². The summed E-state index contributed by atoms with van der Waals surface area (Å²) in [4.78, 5) is 21.0. The Bertz CT molecular complexity index is 886. The molecule has 0 bridgehead atoms. The summed E-state index contributed by atoms with van der Waals surface area (Å²) in [6.07, 6.45) is 1.50. The predicted molar refractivity (Wildman–Crippen MR) is 97.2 cm³/mol. The Labute approximate surface area is 141 Å². The molecular formula is C19H20N4O. The number of aromatic nitrogens is 2. The first kappa shape index (κ1) is 15.9. The van der Waals surface area contributed by atoms with Gasteiger partial charge in [-0.15, -0.1) is 0 Å². The normalized spacial score (nSPS) is 12.0. The van der Waals surface area contributed by atoms with E-state index in [9.17, 15) is 4.79 Å². The molecule has 1 heterocycles. The number of hydrogen-bond donors (Lipinski definition) is 2. The Morgan fingerprint density at radius 1 is 1.08 bits per heavy atom. The third-order valence-corrected chi connectivity index (χ3v) is 3.93. The van der Waals surface area contributed by atoms with Crippen LogP contribution < -0.4 is 10.6 Å². The molecule has 2 aromatic carbocycles. The van der Waals surface area contributed by atoms with Gasteiger partial charge in [0.2, 0.25) is 5.91 Å². The predicted octanol–water partition coefficient (Wildman–Crippen LogP) is 3.69. The van der Waals surface area contributed by atoms with Gasteiger partial charge in [-0.25, -0.2) is 9.97 Å². The van der Waals surface area contributed by atoms with Gasteiger partial charge in [0, 0.05) is 11.1 Å². The number of hydrogen-bond acceptors (Lipinski definition) is 4. The number of anilines is 2. The molecule has 1 aromatic heterocycles. The monoisotopic (exact) mass is 320 g/mol. The smallest absolute Gasteiger partial charge is 0.246 e. The summed E-state index contributed by atoms with van der Waals surface area (Å²) in [5, 5.41) is 7.03. The van der Waals surface area contributed by atoms with E-state index in [2.05, 4.69) is 20.6 Å². The number of carbonyl (C=O) groups is 1. The summed E-state index contributed by atoms with van der Waals surface area (Å²) in [5.74, 6) is 0.550. The SMILES string of the molecule is Cc1ccc(NC(=O)C(C)Nc2ncnc3ccccc23)c(C)c1. The van der Waals surface area contributed by atoms with E-state index in [4.69, 9.17) is 0 Å². The van der Waals surface area contributed by atoms with Crippen LogP contribution in [0.4, 0.5) is 11.5 Å². The van der Waals surface area contributed by atoms with E-state index >= 15 is 0 Å². The average molecular weight is 320 g/mol. The lowest BCUT2D eigenvalue weighted by molar-refractivity contribution is -0.116. The van der Waals surface area contributed by atoms with Crippen LogP contribution in [0.5, 0.6) is 0 Å². The maximum atomic E-state index is 12.5. The molecule has 0 saturated carbocycles. The van der Waals surface area contributed by atoms with E-state index < -0.39 is 6.04 Å². The Morgan fingerprint density at radius 3 is 2.67 bits per heavy atom. The summed E-state index contributed by atoms with van der Waals surface area (Å²) < 4.78 is 0. The Morgan fingerprint density at radius 2 is 1.88 bits per heavy atom. The number of para-hydroxylation sites is 1. The minimum absolute atomic E-state index is 0.107. The minimum Gasteiger partial charge on any atom is -0.358 e. The summed E-state index contributed by atoms with van der Waals surface area (Å²) in [6.45, 7) is 5.83. The van der Waals surface area contributed by atoms with Gasteiger partial charge in [0.05, 0.1) is 5.52 Å². The molecule has 122 valence electrons. The molecule has 1 amide bonds. The zero-order valence-corrected chi connectivity index (χ0v) is 14.0. The van der Waals surface area contributed by atoms with Gasteiger partial charge in [-0.05, 0) is 44.5 Å². The summed E-state index contributed by atoms with van der Waals surface area (Å²) in [5.41, 5.74) is 3.89. The maximum absolute atomic E-state index is 12.5. The van der Waals surface area contributed by atoms with Gasteiger partial charge in [0.15, 0.2) is 0 Å². The lowest BCUT2D eigenvalue weighted by Crippen LogP contribution is -2.32. The summed E-state index contributed by atoms with van der Waals surface area (Å²) >= 11 is 0. The van der Waals surface area contributed by atoms with Gasteiger partial charge < -0.3 is 10.6 Å². The van der Waals surface area contributed by atoms with Crippen molar-refractivity contribution >= 4 is 28.3 Å². The molecular weight excluding hydrogens is 300 g/mol. The van der Waals surface area contributed by atoms with Crippen LogP contribution in [0.2, 0.25) is 0 Å². The van der Waals surface area contributed by atoms with Crippen molar-refractivity contribution in [1.82, 2.24) is 9.97 Å². The molecule has 0 aliphatic rings. The van der Waals surface area contributed by atoms with Crippen LogP contribution in [0.15, 0.2) is 48.8 Å². The third-order valence-electron chi connectivity index (χ3n) is 3.93. The van der Waals surface area contributed by atoms with Crippen molar-refractivity contribution in [3.8, 4) is 0 Å². The molecule has 0 aliphatic heterocycles. The van der Waals surface area contributed by atoms with Crippen molar-refractivity contribution in [3.63, 3.8) is 0 Å². The van der Waals surface area contributed by atoms with E-state index in [1.54, 1.807) is 0 Å². The van der Waals surface area contributed by atoms with Gasteiger partial charge >= 0.3 is 0 Å². The zero-order valence-electron chi connectivity index (χ0n) is 14.0. The molecule has 3 aromatic rings. The van der Waals surface area contributed by atoms with Gasteiger partial charge in [-0.3, -0.25) is 4.79 Å². The van der Waals surface area contributed by atoms with Crippen LogP contribution >= 0.6 is 0 Å². The maximum Gasteiger partial charge on any atom is 0.246 e. The highest BCUT2D eigenvalue weighted by molar-refractivity contribution is 5.98. The topological polar surface area (TPSA) is 66.9 Å². The molecule has 24 heavy (non-hydrogen) atoms. The highest BCUT2D eigenvalue weighted by Gasteiger charge is 2.15. The van der Waals surface area contributed by atoms with Crippen LogP contribution in [0, 0.1) is 13.8 Å². The van der Waals surface area contributed by atoms with Crippen LogP contribution in [0.3, 0.4) is 0 Å². The first-order chi connectivity index (χ1) is 11.5. The molecule has 5 heteroatoms. The zero-order chi connectivity index (χ0) is 17.1. The fourth-order valence-electron chi connectivity index (χ4n) is 2.59. The third kappa shape index (κ3) is 3.35. The van der Waals surface area contributed by atoms with Crippen molar-refractivity contribution < 1.29 is 4.79 Å². The van der Waals surface area contributed by atoms with Crippen LogP contribution in [0.25, 0.3) is 10.9 Å². The Hall–Kier alpha value is -2.95. The first-order valence-corrected chi connectivity index (χ1v) is 7.89. The van der Waals surface area contributed by atoms with Gasteiger partial charge in [0.1, 0.15) is 18.2 Å². The second kappa shape index (κ2) is 6.66. The first-order valence-electron chi connectivity index (χ1n) is 7.89. The molecule has 0 saturated heterocycles. The second-order valence-electron chi connectivity index (χ2n) is 5.91. The quantitative estimate of drug-likeness (QED) is 0.769. The lowest BCUT2D eigenvalue weighted by Gasteiger charge is -2.17. The van der Waals surface area contributed by atoms with Crippen LogP contribution in [0.1, 0.15) is 18.1 Å². The van der Waals surface area contributed by atoms with Gasteiger partial charge in [-0.2, -0.15) is 0 Å². The van der Waals surface area contributed by atoms with Crippen molar-refractivity contribution in [2.45, 2.75) is 26.8 Å². The fourth-order valence-corrected chi connectivity index (χ4v) is 2.59. The molecule has 0 radical (unpaired) electrons. The minimum atomic E-state index is -0.427. The Balaban J connectivity index is 1.76. The van der Waals surface area contributed by atoms with Crippen molar-refractivity contribution in [3.05, 3.63) is 59.9 Å². The standard InChI is InChI=1S/C19H20N4O/c1-12-8-9-16(13(2)10-12)23-19(24)14(3)22-18-15-6-4-5-7-17(15)20-11-21-18/h4-11,14H,1-3H3,(H,23,24)(H,20,21,22). The van der Waals surface area contributed by atoms with Gasteiger partial charge in [-0.1, -0.05) is 29.8 Å². The summed E-state index contributed by atoms with van der Waals surface area (Å²) in [6, 6.07) is 13.2. The number of nitrogens with zero attached hydrogens (tertiary/aromatic N) is 2. The lowest BCUT2D eigenvalue weighted by atomic mass is 10.1. The number of fused-ring (bicyclic) bond motifs is 1. The van der Waals surface area contributed by atoms with Gasteiger partial charge in [0.25, 0.3) is 0 Å². The summed E-state index contributed by atoms with van der Waals surface area (Å²) in [7, 11) is 0. The van der Waals surface area contributed by atoms with E-state index in [1.165, 1.54) is 11.9 Å². The molecule has 5 nitrogen and oxygen atoms in total. The van der Waals surface area contributed by atoms with E-state index in [1.807, 2.05) is 63.2 Å². The van der Waals surface area contributed by atoms with E-state index in [0.717, 1.165) is 22.2 Å². The molecule has 1 unspecified atom stereocenters. The number of nitrogens with one attached hydrogen (secondary N) is 2. The number of amides is 1. The van der Waals surface area contributed by atoms with E-state index in [0.29, 0.717) is 5.82 Å². The number of carbonyl (C=O) groups excluding carboxylic acids is 1. The molecule has 0 aliphatic carbocycles.